The lowest BCUT2D eigenvalue weighted by atomic mass is 9.89. The van der Waals surface area contributed by atoms with Gasteiger partial charge in [0.15, 0.2) is 5.78 Å². The monoisotopic (exact) mass is 225 g/mol. The van der Waals surface area contributed by atoms with Gasteiger partial charge in [-0.1, -0.05) is 0 Å². The molecule has 0 amide bonds. The largest absolute Gasteiger partial charge is 0.317 e. The average molecular weight is 225 g/mol. The standard InChI is InChI=1S/C12H13F2NO/c13-9-1-2-10(11(14)7-9)12(16)8-3-5-15-6-4-8/h1-2,7-8,15H,3-6H2. The molecule has 4 heteroatoms. The Balaban J connectivity index is 2.19. The number of halogens is 2. The minimum Gasteiger partial charge on any atom is -0.317 e. The minimum absolute atomic E-state index is 0.00769. The van der Waals surface area contributed by atoms with E-state index in [1.807, 2.05) is 0 Å². The Morgan fingerprint density at radius 2 is 1.94 bits per heavy atom. The quantitative estimate of drug-likeness (QED) is 0.781. The molecule has 2 nitrogen and oxygen atoms in total. The Morgan fingerprint density at radius 1 is 1.25 bits per heavy atom. The van der Waals surface area contributed by atoms with Gasteiger partial charge in [0.05, 0.1) is 5.56 Å². The lowest BCUT2D eigenvalue weighted by Gasteiger charge is -2.21. The highest BCUT2D eigenvalue weighted by molar-refractivity contribution is 5.98. The van der Waals surface area contributed by atoms with Gasteiger partial charge in [0, 0.05) is 12.0 Å². The van der Waals surface area contributed by atoms with Crippen molar-refractivity contribution in [2.24, 2.45) is 5.92 Å². The Hall–Kier alpha value is -1.29. The summed E-state index contributed by atoms with van der Waals surface area (Å²) >= 11 is 0. The van der Waals surface area contributed by atoms with E-state index in [1.165, 1.54) is 6.07 Å². The molecule has 0 radical (unpaired) electrons. The summed E-state index contributed by atoms with van der Waals surface area (Å²) in [6.45, 7) is 1.55. The number of Topliss-reactive ketones (excluding diaryl/α,β-unsaturated/α-hetero) is 1. The van der Waals surface area contributed by atoms with E-state index in [9.17, 15) is 13.6 Å². The van der Waals surface area contributed by atoms with Gasteiger partial charge >= 0.3 is 0 Å². The maximum Gasteiger partial charge on any atom is 0.168 e. The van der Waals surface area contributed by atoms with Crippen LogP contribution in [0.3, 0.4) is 0 Å². The summed E-state index contributed by atoms with van der Waals surface area (Å²) in [5, 5.41) is 3.14. The van der Waals surface area contributed by atoms with Crippen LogP contribution < -0.4 is 5.32 Å². The lowest BCUT2D eigenvalue weighted by molar-refractivity contribution is 0.0891. The third-order valence-corrected chi connectivity index (χ3v) is 2.91. The predicted molar refractivity (Wildman–Crippen MR) is 56.3 cm³/mol. The Kier molecular flexibility index (Phi) is 3.29. The number of piperidine rings is 1. The molecule has 0 aromatic heterocycles. The van der Waals surface area contributed by atoms with Crippen LogP contribution in [0.2, 0.25) is 0 Å². The lowest BCUT2D eigenvalue weighted by Crippen LogP contribution is -2.32. The fourth-order valence-corrected chi connectivity index (χ4v) is 1.99. The van der Waals surface area contributed by atoms with Gasteiger partial charge < -0.3 is 5.32 Å². The first-order chi connectivity index (χ1) is 7.68. The first-order valence-corrected chi connectivity index (χ1v) is 5.38. The fraction of sp³-hybridized carbons (Fsp3) is 0.417. The van der Waals surface area contributed by atoms with Gasteiger partial charge in [-0.25, -0.2) is 8.78 Å². The number of hydrogen-bond acceptors (Lipinski definition) is 2. The van der Waals surface area contributed by atoms with Crippen molar-refractivity contribution >= 4 is 5.78 Å². The van der Waals surface area contributed by atoms with Gasteiger partial charge in [-0.2, -0.15) is 0 Å². The van der Waals surface area contributed by atoms with Crippen LogP contribution in [0, 0.1) is 17.6 Å². The molecule has 0 atom stereocenters. The summed E-state index contributed by atoms with van der Waals surface area (Å²) in [5.41, 5.74) is 0.00769. The highest BCUT2D eigenvalue weighted by Crippen LogP contribution is 2.20. The van der Waals surface area contributed by atoms with Crippen LogP contribution in [-0.2, 0) is 0 Å². The normalized spacial score (nSPS) is 17.4. The number of hydrogen-bond donors (Lipinski definition) is 1. The van der Waals surface area contributed by atoms with Gasteiger partial charge in [-0.05, 0) is 38.1 Å². The Labute approximate surface area is 92.7 Å². The molecule has 2 rings (SSSR count). The number of nitrogens with one attached hydrogen (secondary N) is 1. The second-order valence-electron chi connectivity index (χ2n) is 4.01. The molecule has 1 heterocycles. The second kappa shape index (κ2) is 4.70. The van der Waals surface area contributed by atoms with Crippen LogP contribution in [0.25, 0.3) is 0 Å². The maximum atomic E-state index is 13.4. The smallest absolute Gasteiger partial charge is 0.168 e. The van der Waals surface area contributed by atoms with Crippen LogP contribution in [0.4, 0.5) is 8.78 Å². The zero-order valence-electron chi connectivity index (χ0n) is 8.80. The molecule has 1 saturated heterocycles. The van der Waals surface area contributed by atoms with E-state index in [2.05, 4.69) is 5.32 Å². The molecule has 1 aromatic carbocycles. The molecule has 1 N–H and O–H groups in total. The van der Waals surface area contributed by atoms with Crippen LogP contribution in [0.15, 0.2) is 18.2 Å². The van der Waals surface area contributed by atoms with Gasteiger partial charge in [0.25, 0.3) is 0 Å². The summed E-state index contributed by atoms with van der Waals surface area (Å²) in [6, 6.07) is 3.11. The molecule has 0 unspecified atom stereocenters. The van der Waals surface area contributed by atoms with Gasteiger partial charge in [-0.15, -0.1) is 0 Å². The molecule has 1 fully saturated rings. The van der Waals surface area contributed by atoms with E-state index in [4.69, 9.17) is 0 Å². The minimum atomic E-state index is -0.761. The average Bonchev–Trinajstić information content (AvgIpc) is 2.29. The van der Waals surface area contributed by atoms with Crippen molar-refractivity contribution in [3.63, 3.8) is 0 Å². The Morgan fingerprint density at radius 3 is 2.56 bits per heavy atom. The van der Waals surface area contributed by atoms with Crippen molar-refractivity contribution in [3.8, 4) is 0 Å². The molecular formula is C12H13F2NO. The summed E-state index contributed by atoms with van der Waals surface area (Å²) in [4.78, 5) is 11.9. The van der Waals surface area contributed by atoms with Crippen LogP contribution >= 0.6 is 0 Å². The summed E-state index contributed by atoms with van der Waals surface area (Å²) in [5.74, 6) is -1.76. The number of carbonyl (C=O) groups excluding carboxylic acids is 1. The van der Waals surface area contributed by atoms with Crippen molar-refractivity contribution in [1.82, 2.24) is 5.32 Å². The van der Waals surface area contributed by atoms with Crippen molar-refractivity contribution in [2.45, 2.75) is 12.8 Å². The summed E-state index contributed by atoms with van der Waals surface area (Å²) in [6.07, 6.45) is 1.44. The zero-order chi connectivity index (χ0) is 11.5. The molecule has 0 aliphatic carbocycles. The number of ketones is 1. The van der Waals surface area contributed by atoms with Gasteiger partial charge in [0.2, 0.25) is 0 Å². The second-order valence-corrected chi connectivity index (χ2v) is 4.01. The van der Waals surface area contributed by atoms with Crippen molar-refractivity contribution in [2.75, 3.05) is 13.1 Å². The van der Waals surface area contributed by atoms with E-state index in [0.717, 1.165) is 38.1 Å². The van der Waals surface area contributed by atoms with Crippen LogP contribution in [-0.4, -0.2) is 18.9 Å². The zero-order valence-corrected chi connectivity index (χ0v) is 8.80. The van der Waals surface area contributed by atoms with Gasteiger partial charge in [0.1, 0.15) is 11.6 Å². The molecule has 16 heavy (non-hydrogen) atoms. The SMILES string of the molecule is O=C(c1ccc(F)cc1F)C1CCNCC1. The fourth-order valence-electron chi connectivity index (χ4n) is 1.99. The highest BCUT2D eigenvalue weighted by Gasteiger charge is 2.24. The van der Waals surface area contributed by atoms with E-state index < -0.39 is 11.6 Å². The van der Waals surface area contributed by atoms with Crippen molar-refractivity contribution in [3.05, 3.63) is 35.4 Å². The van der Waals surface area contributed by atoms with E-state index in [1.54, 1.807) is 0 Å². The van der Waals surface area contributed by atoms with E-state index in [0.29, 0.717) is 0 Å². The highest BCUT2D eigenvalue weighted by atomic mass is 19.1. The number of benzene rings is 1. The molecular weight excluding hydrogens is 212 g/mol. The first kappa shape index (κ1) is 11.2. The molecule has 1 aromatic rings. The molecule has 0 spiro atoms. The number of rotatable bonds is 2. The predicted octanol–water partition coefficient (Wildman–Crippen LogP) is 2.15. The number of carbonyl (C=O) groups is 1. The van der Waals surface area contributed by atoms with Gasteiger partial charge in [-0.3, -0.25) is 4.79 Å². The Bertz CT molecular complexity index is 400. The van der Waals surface area contributed by atoms with Crippen molar-refractivity contribution in [1.29, 1.82) is 0 Å². The molecule has 86 valence electrons. The molecule has 1 aliphatic rings. The van der Waals surface area contributed by atoms with E-state index in [-0.39, 0.29) is 17.3 Å². The third-order valence-electron chi connectivity index (χ3n) is 2.91. The maximum absolute atomic E-state index is 13.4. The first-order valence-electron chi connectivity index (χ1n) is 5.38. The summed E-state index contributed by atoms with van der Waals surface area (Å²) in [7, 11) is 0. The van der Waals surface area contributed by atoms with E-state index >= 15 is 0 Å². The topological polar surface area (TPSA) is 29.1 Å². The summed E-state index contributed by atoms with van der Waals surface area (Å²) < 4.78 is 26.1. The van der Waals surface area contributed by atoms with Crippen LogP contribution in [0.5, 0.6) is 0 Å². The van der Waals surface area contributed by atoms with Crippen molar-refractivity contribution < 1.29 is 13.6 Å². The molecule has 0 bridgehead atoms. The van der Waals surface area contributed by atoms with Crippen LogP contribution in [0.1, 0.15) is 23.2 Å². The third kappa shape index (κ3) is 2.27. The molecule has 0 saturated carbocycles. The molecule has 1 aliphatic heterocycles.